The average Bonchev–Trinajstić information content (AvgIpc) is 2.16. The van der Waals surface area contributed by atoms with Gasteiger partial charge >= 0.3 is 6.11 Å². The van der Waals surface area contributed by atoms with Gasteiger partial charge in [-0.2, -0.15) is 8.78 Å². The van der Waals surface area contributed by atoms with Gasteiger partial charge in [-0.25, -0.2) is 4.39 Å². The second-order valence-electron chi connectivity index (χ2n) is 2.64. The van der Waals surface area contributed by atoms with Gasteiger partial charge in [0.05, 0.1) is 6.61 Å². The van der Waals surface area contributed by atoms with Crippen LogP contribution in [-0.2, 0) is 11.3 Å². The molecule has 0 heterocycles. The van der Waals surface area contributed by atoms with Crippen molar-refractivity contribution in [3.05, 3.63) is 35.9 Å². The van der Waals surface area contributed by atoms with E-state index in [0.717, 1.165) is 0 Å². The third kappa shape index (κ3) is 3.31. The van der Waals surface area contributed by atoms with E-state index in [0.29, 0.717) is 5.56 Å². The van der Waals surface area contributed by atoms with Crippen molar-refractivity contribution in [2.75, 3.05) is 0 Å². The molecule has 0 saturated heterocycles. The lowest BCUT2D eigenvalue weighted by Crippen LogP contribution is -2.28. The van der Waals surface area contributed by atoms with Crippen LogP contribution in [0.4, 0.5) is 13.2 Å². The zero-order valence-electron chi connectivity index (χ0n) is 7.09. The first-order valence-electron chi connectivity index (χ1n) is 3.86. The third-order valence-corrected chi connectivity index (χ3v) is 2.06. The molecule has 1 nitrogen and oxygen atoms in total. The molecule has 0 bridgehead atoms. The van der Waals surface area contributed by atoms with E-state index in [4.69, 9.17) is 0 Å². The zero-order valence-corrected chi connectivity index (χ0v) is 8.68. The first-order valence-corrected chi connectivity index (χ1v) is 4.78. The van der Waals surface area contributed by atoms with Crippen LogP contribution in [0.5, 0.6) is 0 Å². The Balaban J connectivity index is 2.49. The number of halogens is 4. The molecule has 0 aromatic heterocycles. The smallest absolute Gasteiger partial charge is 0.313 e. The second kappa shape index (κ2) is 4.79. The highest BCUT2D eigenvalue weighted by Gasteiger charge is 2.39. The second-order valence-corrected chi connectivity index (χ2v) is 3.44. The van der Waals surface area contributed by atoms with Crippen LogP contribution in [-0.4, -0.2) is 11.2 Å². The molecule has 0 radical (unpaired) electrons. The van der Waals surface area contributed by atoms with Crippen LogP contribution in [0.15, 0.2) is 30.3 Å². The van der Waals surface area contributed by atoms with E-state index in [-0.39, 0.29) is 6.61 Å². The van der Waals surface area contributed by atoms with Crippen LogP contribution in [0.3, 0.4) is 0 Å². The molecule has 0 spiro atoms. The summed E-state index contributed by atoms with van der Waals surface area (Å²) in [6, 6.07) is 8.38. The summed E-state index contributed by atoms with van der Waals surface area (Å²) in [7, 11) is 0. The van der Waals surface area contributed by atoms with Crippen LogP contribution >= 0.6 is 15.9 Å². The van der Waals surface area contributed by atoms with E-state index in [1.807, 2.05) is 0 Å². The molecule has 0 N–H and O–H groups in total. The summed E-state index contributed by atoms with van der Waals surface area (Å²) < 4.78 is 41.5. The summed E-state index contributed by atoms with van der Waals surface area (Å²) in [5, 5.41) is -2.49. The maximum absolute atomic E-state index is 12.6. The van der Waals surface area contributed by atoms with Crippen molar-refractivity contribution < 1.29 is 17.9 Å². The van der Waals surface area contributed by atoms with Crippen LogP contribution in [0, 0.1) is 0 Å². The predicted molar refractivity (Wildman–Crippen MR) is 50.0 cm³/mol. The van der Waals surface area contributed by atoms with Gasteiger partial charge in [-0.05, 0) is 21.5 Å². The highest BCUT2D eigenvalue weighted by molar-refractivity contribution is 9.09. The van der Waals surface area contributed by atoms with Crippen molar-refractivity contribution in [3.63, 3.8) is 0 Å². The SMILES string of the molecule is FC(Br)C(F)(F)OCc1ccccc1. The molecule has 1 unspecified atom stereocenters. The Morgan fingerprint density at radius 2 is 1.86 bits per heavy atom. The lowest BCUT2D eigenvalue weighted by atomic mass is 10.2. The van der Waals surface area contributed by atoms with Crippen LogP contribution in [0.25, 0.3) is 0 Å². The molecule has 5 heteroatoms. The molecule has 78 valence electrons. The zero-order chi connectivity index (χ0) is 10.6. The van der Waals surface area contributed by atoms with Crippen molar-refractivity contribution in [2.24, 2.45) is 0 Å². The van der Waals surface area contributed by atoms with E-state index in [9.17, 15) is 13.2 Å². The fourth-order valence-electron chi connectivity index (χ4n) is 0.817. The summed E-state index contributed by atoms with van der Waals surface area (Å²) >= 11 is 2.13. The fraction of sp³-hybridized carbons (Fsp3) is 0.333. The van der Waals surface area contributed by atoms with E-state index >= 15 is 0 Å². The van der Waals surface area contributed by atoms with E-state index in [1.54, 1.807) is 30.3 Å². The molecule has 0 aliphatic heterocycles. The maximum atomic E-state index is 12.6. The molecule has 14 heavy (non-hydrogen) atoms. The van der Waals surface area contributed by atoms with Crippen molar-refractivity contribution in [3.8, 4) is 0 Å². The number of benzene rings is 1. The predicted octanol–water partition coefficient (Wildman–Crippen LogP) is 3.49. The van der Waals surface area contributed by atoms with E-state index in [1.165, 1.54) is 0 Å². The summed E-state index contributed by atoms with van der Waals surface area (Å²) in [6.07, 6.45) is -3.80. The van der Waals surface area contributed by atoms with Gasteiger partial charge in [-0.3, -0.25) is 0 Å². The minimum atomic E-state index is -3.80. The van der Waals surface area contributed by atoms with Gasteiger partial charge in [0.2, 0.25) is 5.08 Å². The molecule has 0 aliphatic rings. The van der Waals surface area contributed by atoms with Crippen molar-refractivity contribution in [2.45, 2.75) is 17.8 Å². The van der Waals surface area contributed by atoms with Crippen LogP contribution in [0.1, 0.15) is 5.56 Å². The summed E-state index contributed by atoms with van der Waals surface area (Å²) in [5.74, 6) is 0. The van der Waals surface area contributed by atoms with Gasteiger partial charge in [-0.15, -0.1) is 0 Å². The Bertz CT molecular complexity index is 277. The number of rotatable bonds is 4. The highest BCUT2D eigenvalue weighted by Crippen LogP contribution is 2.28. The number of hydrogen-bond donors (Lipinski definition) is 0. The largest absolute Gasteiger partial charge is 0.397 e. The van der Waals surface area contributed by atoms with Crippen molar-refractivity contribution >= 4 is 15.9 Å². The quantitative estimate of drug-likeness (QED) is 0.760. The Morgan fingerprint density at radius 3 is 2.36 bits per heavy atom. The third-order valence-electron chi connectivity index (χ3n) is 1.53. The molecule has 0 aliphatic carbocycles. The molecular formula is C9H8BrF3O. The fourth-order valence-corrected chi connectivity index (χ4v) is 0.949. The average molecular weight is 269 g/mol. The summed E-state index contributed by atoms with van der Waals surface area (Å²) in [5.41, 5.74) is 0.570. The molecule has 0 fully saturated rings. The van der Waals surface area contributed by atoms with Crippen molar-refractivity contribution in [1.29, 1.82) is 0 Å². The lowest BCUT2D eigenvalue weighted by molar-refractivity contribution is -0.259. The Hall–Kier alpha value is -0.550. The number of alkyl halides is 4. The monoisotopic (exact) mass is 268 g/mol. The van der Waals surface area contributed by atoms with E-state index < -0.39 is 11.2 Å². The van der Waals surface area contributed by atoms with Gasteiger partial charge in [0, 0.05) is 0 Å². The minimum Gasteiger partial charge on any atom is -0.313 e. The van der Waals surface area contributed by atoms with Gasteiger partial charge in [-0.1, -0.05) is 30.3 Å². The van der Waals surface area contributed by atoms with Gasteiger partial charge in [0.25, 0.3) is 0 Å². The maximum Gasteiger partial charge on any atom is 0.397 e. The number of ether oxygens (including phenoxy) is 1. The molecule has 1 atom stereocenters. The molecule has 0 amide bonds. The first kappa shape index (κ1) is 11.5. The topological polar surface area (TPSA) is 9.23 Å². The number of hydrogen-bond acceptors (Lipinski definition) is 1. The van der Waals surface area contributed by atoms with Crippen LogP contribution < -0.4 is 0 Å². The molecule has 1 aromatic rings. The Morgan fingerprint density at radius 1 is 1.29 bits per heavy atom. The van der Waals surface area contributed by atoms with Gasteiger partial charge < -0.3 is 4.74 Å². The Labute approximate surface area is 88.0 Å². The standard InChI is InChI=1S/C9H8BrF3O/c10-8(11)9(12,13)14-6-7-4-2-1-3-5-7/h1-5,8H,6H2. The normalized spacial score (nSPS) is 14.0. The summed E-state index contributed by atoms with van der Waals surface area (Å²) in [6.45, 7) is -0.320. The highest BCUT2D eigenvalue weighted by atomic mass is 79.9. The van der Waals surface area contributed by atoms with E-state index in [2.05, 4.69) is 20.7 Å². The van der Waals surface area contributed by atoms with Gasteiger partial charge in [0.15, 0.2) is 0 Å². The summed E-state index contributed by atoms with van der Waals surface area (Å²) in [4.78, 5) is 0. The Kier molecular flexibility index (Phi) is 3.95. The van der Waals surface area contributed by atoms with Gasteiger partial charge in [0.1, 0.15) is 0 Å². The first-order chi connectivity index (χ1) is 6.52. The molecular weight excluding hydrogens is 261 g/mol. The lowest BCUT2D eigenvalue weighted by Gasteiger charge is -2.16. The van der Waals surface area contributed by atoms with Crippen LogP contribution in [0.2, 0.25) is 0 Å². The minimum absolute atomic E-state index is 0.320. The van der Waals surface area contributed by atoms with Crippen molar-refractivity contribution in [1.82, 2.24) is 0 Å². The molecule has 1 rings (SSSR count). The molecule has 0 saturated carbocycles. The molecule has 1 aromatic carbocycles.